The Morgan fingerprint density at radius 2 is 2.08 bits per heavy atom. The second-order valence-electron chi connectivity index (χ2n) is 3.18. The van der Waals surface area contributed by atoms with Gasteiger partial charge in [-0.05, 0) is 20.8 Å². The monoisotopic (exact) mass is 188 g/mol. The summed E-state index contributed by atoms with van der Waals surface area (Å²) in [5.41, 5.74) is 5.40. The Labute approximate surface area is 80.0 Å². The first kappa shape index (κ1) is 12.4. The Bertz CT molecular complexity index is 156. The number of rotatable bonds is 5. The molecule has 0 aromatic rings. The molecule has 0 aromatic carbocycles. The van der Waals surface area contributed by atoms with E-state index < -0.39 is 6.10 Å². The smallest absolute Gasteiger partial charge is 0.253 e. The lowest BCUT2D eigenvalue weighted by atomic mass is 10.2. The van der Waals surface area contributed by atoms with Crippen LogP contribution in [0.2, 0.25) is 0 Å². The molecule has 78 valence electrons. The topological polar surface area (TPSA) is 55.6 Å². The molecule has 0 aliphatic rings. The fourth-order valence-electron chi connectivity index (χ4n) is 1.26. The van der Waals surface area contributed by atoms with Crippen LogP contribution in [0.4, 0.5) is 0 Å². The number of hydrogen-bond acceptors (Lipinski definition) is 3. The summed E-state index contributed by atoms with van der Waals surface area (Å²) in [6.07, 6.45) is -0.498. The first-order chi connectivity index (χ1) is 6.08. The summed E-state index contributed by atoms with van der Waals surface area (Å²) in [6, 6.07) is 0.196. The molecule has 0 saturated carbocycles. The number of likely N-dealkylation sites (N-methyl/N-ethyl adjacent to an activating group) is 1. The summed E-state index contributed by atoms with van der Waals surface area (Å²) in [5.74, 6) is -0.0255. The van der Waals surface area contributed by atoms with Crippen LogP contribution in [-0.4, -0.2) is 43.2 Å². The number of carbonyl (C=O) groups is 1. The molecule has 4 heteroatoms. The molecule has 0 heterocycles. The van der Waals surface area contributed by atoms with Gasteiger partial charge in [0.05, 0.1) is 0 Å². The lowest BCUT2D eigenvalue weighted by Gasteiger charge is -2.28. The molecular weight excluding hydrogens is 168 g/mol. The molecular formula is C9H20N2O2. The number of nitrogens with two attached hydrogens (primary N) is 1. The van der Waals surface area contributed by atoms with Crippen LogP contribution in [0.15, 0.2) is 0 Å². The highest BCUT2D eigenvalue weighted by Crippen LogP contribution is 2.02. The second-order valence-corrected chi connectivity index (χ2v) is 3.18. The molecule has 2 N–H and O–H groups in total. The Morgan fingerprint density at radius 1 is 1.54 bits per heavy atom. The molecule has 1 unspecified atom stereocenters. The van der Waals surface area contributed by atoms with Crippen molar-refractivity contribution in [2.24, 2.45) is 5.73 Å². The number of amides is 1. The first-order valence-electron chi connectivity index (χ1n) is 4.61. The lowest BCUT2D eigenvalue weighted by molar-refractivity contribution is -0.142. The van der Waals surface area contributed by atoms with Crippen LogP contribution < -0.4 is 5.73 Å². The molecule has 0 aliphatic carbocycles. The van der Waals surface area contributed by atoms with Gasteiger partial charge in [0, 0.05) is 26.2 Å². The zero-order valence-corrected chi connectivity index (χ0v) is 8.91. The van der Waals surface area contributed by atoms with Gasteiger partial charge in [-0.3, -0.25) is 4.79 Å². The van der Waals surface area contributed by atoms with Crippen molar-refractivity contribution in [3.63, 3.8) is 0 Å². The van der Waals surface area contributed by atoms with E-state index in [9.17, 15) is 4.79 Å². The van der Waals surface area contributed by atoms with Gasteiger partial charge in [-0.2, -0.15) is 0 Å². The molecule has 1 atom stereocenters. The minimum atomic E-state index is -0.498. The van der Waals surface area contributed by atoms with E-state index in [0.717, 1.165) is 0 Å². The van der Waals surface area contributed by atoms with E-state index in [1.54, 1.807) is 4.90 Å². The Morgan fingerprint density at radius 3 is 2.31 bits per heavy atom. The minimum absolute atomic E-state index is 0.0255. The summed E-state index contributed by atoms with van der Waals surface area (Å²) in [5, 5.41) is 0. The van der Waals surface area contributed by atoms with Gasteiger partial charge in [0.1, 0.15) is 6.10 Å². The maximum atomic E-state index is 11.7. The maximum absolute atomic E-state index is 11.7. The van der Waals surface area contributed by atoms with Gasteiger partial charge >= 0.3 is 0 Å². The van der Waals surface area contributed by atoms with Crippen LogP contribution in [0.25, 0.3) is 0 Å². The average Bonchev–Trinajstić information content (AvgIpc) is 2.07. The fraction of sp³-hybridized carbons (Fsp3) is 0.889. The molecule has 0 spiro atoms. The summed E-state index contributed by atoms with van der Waals surface area (Å²) >= 11 is 0. The van der Waals surface area contributed by atoms with Crippen LogP contribution in [0, 0.1) is 0 Å². The lowest BCUT2D eigenvalue weighted by Crippen LogP contribution is -2.46. The summed E-state index contributed by atoms with van der Waals surface area (Å²) in [4.78, 5) is 13.4. The number of nitrogens with zero attached hydrogens (tertiary/aromatic N) is 1. The van der Waals surface area contributed by atoms with Crippen LogP contribution >= 0.6 is 0 Å². The quantitative estimate of drug-likeness (QED) is 0.671. The predicted octanol–water partition coefficient (Wildman–Crippen LogP) is 0.217. The molecule has 0 fully saturated rings. The van der Waals surface area contributed by atoms with E-state index in [-0.39, 0.29) is 18.5 Å². The third kappa shape index (κ3) is 3.32. The van der Waals surface area contributed by atoms with Crippen LogP contribution in [0.1, 0.15) is 20.8 Å². The van der Waals surface area contributed by atoms with Crippen LogP contribution in [0.3, 0.4) is 0 Å². The number of hydrogen-bond donors (Lipinski definition) is 1. The fourth-order valence-corrected chi connectivity index (χ4v) is 1.26. The average molecular weight is 188 g/mol. The van der Waals surface area contributed by atoms with Crippen molar-refractivity contribution in [1.29, 1.82) is 0 Å². The van der Waals surface area contributed by atoms with Crippen molar-refractivity contribution < 1.29 is 9.53 Å². The van der Waals surface area contributed by atoms with Crippen molar-refractivity contribution in [1.82, 2.24) is 4.90 Å². The first-order valence-corrected chi connectivity index (χ1v) is 4.61. The highest BCUT2D eigenvalue weighted by molar-refractivity contribution is 5.81. The maximum Gasteiger partial charge on any atom is 0.253 e. The molecule has 0 radical (unpaired) electrons. The van der Waals surface area contributed by atoms with Gasteiger partial charge in [0.25, 0.3) is 5.91 Å². The third-order valence-corrected chi connectivity index (χ3v) is 2.02. The molecule has 0 aromatic heterocycles. The molecule has 4 nitrogen and oxygen atoms in total. The predicted molar refractivity (Wildman–Crippen MR) is 52.4 cm³/mol. The van der Waals surface area contributed by atoms with Gasteiger partial charge in [-0.15, -0.1) is 0 Å². The Kier molecular flexibility index (Phi) is 5.66. The standard InChI is InChI=1S/C9H20N2O2/c1-5-11(7(2)3)9(12)8(6-10)13-4/h7-8H,5-6,10H2,1-4H3. The highest BCUT2D eigenvalue weighted by atomic mass is 16.5. The molecule has 13 heavy (non-hydrogen) atoms. The van der Waals surface area contributed by atoms with Crippen molar-refractivity contribution in [3.05, 3.63) is 0 Å². The van der Waals surface area contributed by atoms with Crippen LogP contribution in [0.5, 0.6) is 0 Å². The van der Waals surface area contributed by atoms with E-state index in [1.807, 2.05) is 20.8 Å². The number of ether oxygens (including phenoxy) is 1. The van der Waals surface area contributed by atoms with E-state index >= 15 is 0 Å². The summed E-state index contributed by atoms with van der Waals surface area (Å²) in [6.45, 7) is 6.82. The Hall–Kier alpha value is -0.610. The molecule has 0 aliphatic heterocycles. The van der Waals surface area contributed by atoms with Crippen molar-refractivity contribution in [3.8, 4) is 0 Å². The minimum Gasteiger partial charge on any atom is -0.370 e. The van der Waals surface area contributed by atoms with Gasteiger partial charge in [-0.25, -0.2) is 0 Å². The highest BCUT2D eigenvalue weighted by Gasteiger charge is 2.23. The zero-order chi connectivity index (χ0) is 10.4. The second kappa shape index (κ2) is 5.94. The van der Waals surface area contributed by atoms with E-state index in [4.69, 9.17) is 10.5 Å². The zero-order valence-electron chi connectivity index (χ0n) is 8.91. The number of carbonyl (C=O) groups excluding carboxylic acids is 1. The van der Waals surface area contributed by atoms with Gasteiger partial charge in [0.15, 0.2) is 0 Å². The largest absolute Gasteiger partial charge is 0.370 e. The van der Waals surface area contributed by atoms with E-state index in [0.29, 0.717) is 6.54 Å². The van der Waals surface area contributed by atoms with Crippen molar-refractivity contribution in [2.75, 3.05) is 20.2 Å². The van der Waals surface area contributed by atoms with Gasteiger partial charge in [0.2, 0.25) is 0 Å². The molecule has 0 bridgehead atoms. The summed E-state index contributed by atoms with van der Waals surface area (Å²) < 4.78 is 4.98. The molecule has 0 saturated heterocycles. The third-order valence-electron chi connectivity index (χ3n) is 2.02. The van der Waals surface area contributed by atoms with Gasteiger partial charge < -0.3 is 15.4 Å². The van der Waals surface area contributed by atoms with Crippen molar-refractivity contribution >= 4 is 5.91 Å². The molecule has 1 amide bonds. The number of methoxy groups -OCH3 is 1. The van der Waals surface area contributed by atoms with Gasteiger partial charge in [-0.1, -0.05) is 0 Å². The SMILES string of the molecule is CCN(C(=O)C(CN)OC)C(C)C. The Balaban J connectivity index is 4.34. The van der Waals surface area contributed by atoms with Crippen molar-refractivity contribution in [2.45, 2.75) is 32.9 Å². The summed E-state index contributed by atoms with van der Waals surface area (Å²) in [7, 11) is 1.50. The van der Waals surface area contributed by atoms with E-state index in [1.165, 1.54) is 7.11 Å². The van der Waals surface area contributed by atoms with E-state index in [2.05, 4.69) is 0 Å². The van der Waals surface area contributed by atoms with Crippen LogP contribution in [-0.2, 0) is 9.53 Å². The molecule has 0 rings (SSSR count). The normalized spacial score (nSPS) is 13.1.